The van der Waals surface area contributed by atoms with Crippen LogP contribution in [0.2, 0.25) is 0 Å². The lowest BCUT2D eigenvalue weighted by Gasteiger charge is -2.29. The van der Waals surface area contributed by atoms with Crippen LogP contribution in [0.3, 0.4) is 0 Å². The van der Waals surface area contributed by atoms with Crippen molar-refractivity contribution in [1.82, 2.24) is 15.3 Å². The van der Waals surface area contributed by atoms with Gasteiger partial charge in [0.25, 0.3) is 5.91 Å². The molecule has 1 amide bonds. The Hall–Kier alpha value is -2.84. The molecule has 1 saturated carbocycles. The van der Waals surface area contributed by atoms with Gasteiger partial charge in [0.15, 0.2) is 0 Å². The maximum Gasteiger partial charge on any atom is 0.416 e. The van der Waals surface area contributed by atoms with E-state index in [1.807, 2.05) is 32.0 Å². The van der Waals surface area contributed by atoms with Crippen LogP contribution in [-0.2, 0) is 6.18 Å². The first-order valence-electron chi connectivity index (χ1n) is 10.4. The van der Waals surface area contributed by atoms with Crippen LogP contribution in [0.1, 0.15) is 47.3 Å². The van der Waals surface area contributed by atoms with Crippen molar-refractivity contribution in [2.24, 2.45) is 5.92 Å². The third-order valence-corrected chi connectivity index (χ3v) is 5.48. The molecule has 1 fully saturated rings. The van der Waals surface area contributed by atoms with Crippen LogP contribution in [0, 0.1) is 12.8 Å². The Morgan fingerprint density at radius 3 is 2.48 bits per heavy atom. The van der Waals surface area contributed by atoms with E-state index in [0.717, 1.165) is 49.3 Å². The van der Waals surface area contributed by atoms with Gasteiger partial charge in [-0.2, -0.15) is 18.2 Å². The van der Waals surface area contributed by atoms with Crippen molar-refractivity contribution < 1.29 is 18.0 Å². The first-order chi connectivity index (χ1) is 14.6. The molecule has 1 aromatic heterocycles. The van der Waals surface area contributed by atoms with Crippen LogP contribution >= 0.6 is 0 Å². The van der Waals surface area contributed by atoms with E-state index in [4.69, 9.17) is 0 Å². The second-order valence-electron chi connectivity index (χ2n) is 8.24. The molecule has 0 spiro atoms. The number of anilines is 2. The molecule has 0 bridgehead atoms. The molecule has 1 heterocycles. The fourth-order valence-electron chi connectivity index (χ4n) is 3.71. The highest BCUT2D eigenvalue weighted by Crippen LogP contribution is 2.30. The van der Waals surface area contributed by atoms with E-state index in [-0.39, 0.29) is 11.6 Å². The lowest BCUT2D eigenvalue weighted by molar-refractivity contribution is -0.137. The Labute approximate surface area is 180 Å². The number of nitrogens with one attached hydrogen (secondary N) is 2. The highest BCUT2D eigenvalue weighted by atomic mass is 19.4. The smallest absolute Gasteiger partial charge is 0.363 e. The number of amides is 1. The van der Waals surface area contributed by atoms with E-state index in [9.17, 15) is 18.0 Å². The van der Waals surface area contributed by atoms with E-state index >= 15 is 0 Å². The summed E-state index contributed by atoms with van der Waals surface area (Å²) in [5.74, 6) is 1.28. The van der Waals surface area contributed by atoms with E-state index < -0.39 is 17.6 Å². The molecule has 1 aliphatic carbocycles. The van der Waals surface area contributed by atoms with Gasteiger partial charge in [-0.25, -0.2) is 4.98 Å². The molecule has 168 valence electrons. The summed E-state index contributed by atoms with van der Waals surface area (Å²) in [4.78, 5) is 23.2. The number of rotatable bonds is 6. The molecule has 0 radical (unpaired) electrons. The molecule has 31 heavy (non-hydrogen) atoms. The standard InChI is InChI=1S/C22H28F3N5O/c1-14-11-19(30(2)3)29-21(27-14)28-18-9-7-15(8-10-18)13-26-20(31)16-5-4-6-17(12-16)22(23,24)25/h4-6,11-12,15,18H,7-10,13H2,1-3H3,(H,26,31)(H,27,28,29). The number of nitrogens with zero attached hydrogens (tertiary/aromatic N) is 3. The van der Waals surface area contributed by atoms with Gasteiger partial charge in [0.2, 0.25) is 5.95 Å². The van der Waals surface area contributed by atoms with Crippen LogP contribution in [-0.4, -0.2) is 42.6 Å². The molecule has 9 heteroatoms. The average Bonchev–Trinajstić information content (AvgIpc) is 2.72. The Morgan fingerprint density at radius 2 is 1.84 bits per heavy atom. The van der Waals surface area contributed by atoms with Crippen molar-refractivity contribution in [1.29, 1.82) is 0 Å². The van der Waals surface area contributed by atoms with Gasteiger partial charge in [-0.1, -0.05) is 6.07 Å². The number of carbonyl (C=O) groups excluding carboxylic acids is 1. The molecule has 1 aliphatic rings. The molecule has 0 unspecified atom stereocenters. The lowest BCUT2D eigenvalue weighted by atomic mass is 9.86. The van der Waals surface area contributed by atoms with Crippen molar-refractivity contribution in [2.45, 2.75) is 44.8 Å². The molecular formula is C22H28F3N5O. The molecule has 6 nitrogen and oxygen atoms in total. The summed E-state index contributed by atoms with van der Waals surface area (Å²) in [5.41, 5.74) is 0.105. The molecule has 2 N–H and O–H groups in total. The SMILES string of the molecule is Cc1cc(N(C)C)nc(NC2CCC(CNC(=O)c3cccc(C(F)(F)F)c3)CC2)n1. The summed E-state index contributed by atoms with van der Waals surface area (Å²) in [7, 11) is 3.87. The number of hydrogen-bond donors (Lipinski definition) is 2. The largest absolute Gasteiger partial charge is 0.416 e. The Kier molecular flexibility index (Phi) is 7.02. The predicted octanol–water partition coefficient (Wildman–Crippen LogP) is 4.27. The van der Waals surface area contributed by atoms with Gasteiger partial charge in [0.05, 0.1) is 5.56 Å². The van der Waals surface area contributed by atoms with Gasteiger partial charge in [0, 0.05) is 44.0 Å². The number of aromatic nitrogens is 2. The van der Waals surface area contributed by atoms with Gasteiger partial charge in [-0.3, -0.25) is 4.79 Å². The minimum atomic E-state index is -4.46. The fraction of sp³-hybridized carbons (Fsp3) is 0.500. The number of carbonyl (C=O) groups is 1. The van der Waals surface area contributed by atoms with Crippen LogP contribution in [0.4, 0.5) is 24.9 Å². The first kappa shape index (κ1) is 22.8. The summed E-state index contributed by atoms with van der Waals surface area (Å²) >= 11 is 0. The Balaban J connectivity index is 1.48. The number of alkyl halides is 3. The second-order valence-corrected chi connectivity index (χ2v) is 8.24. The maximum absolute atomic E-state index is 12.8. The highest BCUT2D eigenvalue weighted by Gasteiger charge is 2.31. The van der Waals surface area contributed by atoms with E-state index in [1.54, 1.807) is 0 Å². The lowest BCUT2D eigenvalue weighted by Crippen LogP contribution is -2.34. The summed E-state index contributed by atoms with van der Waals surface area (Å²) < 4.78 is 38.5. The Bertz CT molecular complexity index is 908. The van der Waals surface area contributed by atoms with Gasteiger partial charge in [-0.15, -0.1) is 0 Å². The zero-order chi connectivity index (χ0) is 22.6. The van der Waals surface area contributed by atoms with Crippen molar-refractivity contribution >= 4 is 17.7 Å². The summed E-state index contributed by atoms with van der Waals surface area (Å²) in [5, 5.41) is 6.19. The number of hydrogen-bond acceptors (Lipinski definition) is 5. The van der Waals surface area contributed by atoms with Crippen LogP contribution in [0.15, 0.2) is 30.3 Å². The summed E-state index contributed by atoms with van der Waals surface area (Å²) in [6.07, 6.45) is -0.812. The van der Waals surface area contributed by atoms with Gasteiger partial charge >= 0.3 is 6.18 Å². The average molecular weight is 435 g/mol. The third kappa shape index (κ3) is 6.32. The van der Waals surface area contributed by atoms with Crippen molar-refractivity contribution in [3.63, 3.8) is 0 Å². The molecule has 0 atom stereocenters. The quantitative estimate of drug-likeness (QED) is 0.709. The third-order valence-electron chi connectivity index (χ3n) is 5.48. The van der Waals surface area contributed by atoms with Gasteiger partial charge in [-0.05, 0) is 56.7 Å². The van der Waals surface area contributed by atoms with Gasteiger partial charge < -0.3 is 15.5 Å². The van der Waals surface area contributed by atoms with Crippen molar-refractivity contribution in [3.8, 4) is 0 Å². The summed E-state index contributed by atoms with van der Waals surface area (Å²) in [6, 6.07) is 6.69. The normalized spacial score (nSPS) is 19.0. The van der Waals surface area contributed by atoms with Crippen LogP contribution in [0.25, 0.3) is 0 Å². The van der Waals surface area contributed by atoms with Crippen molar-refractivity contribution in [3.05, 3.63) is 47.2 Å². The summed E-state index contributed by atoms with van der Waals surface area (Å²) in [6.45, 7) is 2.39. The minimum Gasteiger partial charge on any atom is -0.363 e. The topological polar surface area (TPSA) is 70.2 Å². The van der Waals surface area contributed by atoms with Crippen molar-refractivity contribution in [2.75, 3.05) is 30.9 Å². The number of aryl methyl sites for hydroxylation is 1. The number of benzene rings is 1. The second kappa shape index (κ2) is 9.53. The molecule has 0 saturated heterocycles. The molecule has 2 aromatic rings. The zero-order valence-electron chi connectivity index (χ0n) is 18.0. The van der Waals surface area contributed by atoms with E-state index in [2.05, 4.69) is 20.6 Å². The van der Waals surface area contributed by atoms with Crippen LogP contribution in [0.5, 0.6) is 0 Å². The molecule has 3 rings (SSSR count). The zero-order valence-corrected chi connectivity index (χ0v) is 18.0. The maximum atomic E-state index is 12.8. The van der Waals surface area contributed by atoms with E-state index in [0.29, 0.717) is 18.4 Å². The molecular weight excluding hydrogens is 407 g/mol. The first-order valence-corrected chi connectivity index (χ1v) is 10.4. The molecule has 1 aromatic carbocycles. The molecule has 0 aliphatic heterocycles. The predicted molar refractivity (Wildman–Crippen MR) is 114 cm³/mol. The number of halogens is 3. The minimum absolute atomic E-state index is 0.0264. The fourth-order valence-corrected chi connectivity index (χ4v) is 3.71. The monoisotopic (exact) mass is 435 g/mol. The van der Waals surface area contributed by atoms with E-state index in [1.165, 1.54) is 12.1 Å². The Morgan fingerprint density at radius 1 is 1.13 bits per heavy atom. The van der Waals surface area contributed by atoms with Crippen LogP contribution < -0.4 is 15.5 Å². The highest BCUT2D eigenvalue weighted by molar-refractivity contribution is 5.94. The van der Waals surface area contributed by atoms with Gasteiger partial charge in [0.1, 0.15) is 5.82 Å².